The summed E-state index contributed by atoms with van der Waals surface area (Å²) in [6.07, 6.45) is 1.83. The Balaban J connectivity index is 2.02. The van der Waals surface area contributed by atoms with E-state index in [4.69, 9.17) is 5.73 Å². The monoisotopic (exact) mass is 241 g/mol. The molecule has 0 bridgehead atoms. The second kappa shape index (κ2) is 3.76. The summed E-state index contributed by atoms with van der Waals surface area (Å²) in [6, 6.07) is 9.70. The SMILES string of the molecule is NC1=NC2(Cc3ccccc3)N=CN=C2C(=O)N1. The van der Waals surface area contributed by atoms with E-state index in [1.165, 1.54) is 6.34 Å². The average Bonchev–Trinajstić information content (AvgIpc) is 2.73. The lowest BCUT2D eigenvalue weighted by Crippen LogP contribution is -2.55. The minimum Gasteiger partial charge on any atom is -0.370 e. The molecule has 6 nitrogen and oxygen atoms in total. The Hall–Kier alpha value is -2.50. The predicted octanol–water partition coefficient (Wildman–Crippen LogP) is -0.147. The van der Waals surface area contributed by atoms with Crippen LogP contribution in [-0.4, -0.2) is 29.6 Å². The van der Waals surface area contributed by atoms with Gasteiger partial charge in [-0.25, -0.2) is 15.0 Å². The van der Waals surface area contributed by atoms with Gasteiger partial charge in [-0.05, 0) is 5.56 Å². The van der Waals surface area contributed by atoms with Crippen molar-refractivity contribution >= 4 is 23.9 Å². The Kier molecular flexibility index (Phi) is 2.22. The summed E-state index contributed by atoms with van der Waals surface area (Å²) < 4.78 is 0. The number of carbonyl (C=O) groups excluding carboxylic acids is 1. The number of fused-ring (bicyclic) bond motifs is 1. The highest BCUT2D eigenvalue weighted by Crippen LogP contribution is 2.26. The number of hydrogen-bond acceptors (Lipinski definition) is 5. The number of nitrogens with zero attached hydrogens (tertiary/aromatic N) is 3. The molecule has 6 heteroatoms. The van der Waals surface area contributed by atoms with Gasteiger partial charge in [0.15, 0.2) is 11.7 Å². The third kappa shape index (κ3) is 1.58. The van der Waals surface area contributed by atoms with E-state index in [-0.39, 0.29) is 11.9 Å². The van der Waals surface area contributed by atoms with E-state index < -0.39 is 5.66 Å². The van der Waals surface area contributed by atoms with Gasteiger partial charge in [0.05, 0.1) is 0 Å². The molecule has 0 aromatic heterocycles. The molecular formula is C12H11N5O. The second-order valence-corrected chi connectivity index (χ2v) is 4.15. The van der Waals surface area contributed by atoms with Crippen molar-refractivity contribution in [2.24, 2.45) is 20.7 Å². The van der Waals surface area contributed by atoms with Crippen LogP contribution in [0.15, 0.2) is 45.3 Å². The lowest BCUT2D eigenvalue weighted by Gasteiger charge is -2.27. The van der Waals surface area contributed by atoms with Gasteiger partial charge in [0.1, 0.15) is 6.34 Å². The van der Waals surface area contributed by atoms with Crippen molar-refractivity contribution in [3.05, 3.63) is 35.9 Å². The molecule has 1 unspecified atom stereocenters. The van der Waals surface area contributed by atoms with Gasteiger partial charge in [0.2, 0.25) is 5.66 Å². The molecule has 2 heterocycles. The van der Waals surface area contributed by atoms with Crippen LogP contribution in [0.25, 0.3) is 0 Å². The van der Waals surface area contributed by atoms with Crippen LogP contribution in [-0.2, 0) is 11.2 Å². The Bertz CT molecular complexity index is 590. The molecule has 0 saturated heterocycles. The zero-order valence-corrected chi connectivity index (χ0v) is 9.50. The quantitative estimate of drug-likeness (QED) is 0.753. The fraction of sp³-hybridized carbons (Fsp3) is 0.167. The van der Waals surface area contributed by atoms with Crippen LogP contribution in [0.4, 0.5) is 0 Å². The summed E-state index contributed by atoms with van der Waals surface area (Å²) in [5.41, 5.74) is 5.93. The highest BCUT2D eigenvalue weighted by molar-refractivity contribution is 6.47. The smallest absolute Gasteiger partial charge is 0.277 e. The van der Waals surface area contributed by atoms with Crippen molar-refractivity contribution in [2.75, 3.05) is 0 Å². The van der Waals surface area contributed by atoms with Gasteiger partial charge in [-0.15, -0.1) is 0 Å². The van der Waals surface area contributed by atoms with Gasteiger partial charge in [0, 0.05) is 6.42 Å². The van der Waals surface area contributed by atoms with Gasteiger partial charge >= 0.3 is 0 Å². The van der Waals surface area contributed by atoms with Crippen molar-refractivity contribution in [1.82, 2.24) is 5.32 Å². The molecule has 0 spiro atoms. The topological polar surface area (TPSA) is 92.2 Å². The highest BCUT2D eigenvalue weighted by atomic mass is 16.2. The standard InChI is InChI=1S/C12H11N5O/c13-11-16-10(18)9-12(17-11,15-7-14-9)6-8-4-2-1-3-5-8/h1-5,7H,6H2,(H3,13,16,17,18). The van der Waals surface area contributed by atoms with Crippen molar-refractivity contribution in [3.63, 3.8) is 0 Å². The molecule has 0 fully saturated rings. The van der Waals surface area contributed by atoms with Crippen LogP contribution in [0.5, 0.6) is 0 Å². The summed E-state index contributed by atoms with van der Waals surface area (Å²) in [4.78, 5) is 24.3. The van der Waals surface area contributed by atoms with E-state index in [2.05, 4.69) is 20.3 Å². The minimum atomic E-state index is -0.992. The maximum atomic E-state index is 11.8. The number of guanidine groups is 1. The molecule has 2 aliphatic rings. The molecule has 1 amide bonds. The van der Waals surface area contributed by atoms with Gasteiger partial charge in [-0.2, -0.15) is 0 Å². The number of amides is 1. The van der Waals surface area contributed by atoms with Gasteiger partial charge in [0.25, 0.3) is 5.91 Å². The van der Waals surface area contributed by atoms with E-state index in [9.17, 15) is 4.79 Å². The number of nitrogens with two attached hydrogens (primary N) is 1. The second-order valence-electron chi connectivity index (χ2n) is 4.15. The molecule has 1 atom stereocenters. The van der Waals surface area contributed by atoms with Gasteiger partial charge < -0.3 is 5.73 Å². The number of rotatable bonds is 2. The molecule has 18 heavy (non-hydrogen) atoms. The first kappa shape index (κ1) is 10.6. The van der Waals surface area contributed by atoms with Gasteiger partial charge in [-0.1, -0.05) is 30.3 Å². The zero-order valence-electron chi connectivity index (χ0n) is 9.50. The van der Waals surface area contributed by atoms with E-state index in [1.54, 1.807) is 0 Å². The molecule has 2 aliphatic heterocycles. The molecule has 0 radical (unpaired) electrons. The maximum absolute atomic E-state index is 11.8. The molecular weight excluding hydrogens is 230 g/mol. The van der Waals surface area contributed by atoms with E-state index in [1.807, 2.05) is 30.3 Å². The van der Waals surface area contributed by atoms with Crippen molar-refractivity contribution in [2.45, 2.75) is 12.1 Å². The Labute approximate surface area is 103 Å². The Morgan fingerprint density at radius 1 is 1.28 bits per heavy atom. The average molecular weight is 241 g/mol. The first-order chi connectivity index (χ1) is 8.70. The van der Waals surface area contributed by atoms with E-state index in [0.29, 0.717) is 12.1 Å². The van der Waals surface area contributed by atoms with Crippen LogP contribution in [0, 0.1) is 0 Å². The summed E-state index contributed by atoms with van der Waals surface area (Å²) in [5.74, 6) is -0.259. The zero-order chi connectivity index (χ0) is 12.6. The summed E-state index contributed by atoms with van der Waals surface area (Å²) in [5, 5.41) is 2.44. The Morgan fingerprint density at radius 3 is 2.83 bits per heavy atom. The predicted molar refractivity (Wildman–Crippen MR) is 68.6 cm³/mol. The lowest BCUT2D eigenvalue weighted by atomic mass is 9.94. The first-order valence-corrected chi connectivity index (χ1v) is 5.52. The van der Waals surface area contributed by atoms with Crippen molar-refractivity contribution in [1.29, 1.82) is 0 Å². The molecule has 1 aromatic carbocycles. The van der Waals surface area contributed by atoms with Crippen LogP contribution in [0.1, 0.15) is 5.56 Å². The van der Waals surface area contributed by atoms with Gasteiger partial charge in [-0.3, -0.25) is 10.1 Å². The largest absolute Gasteiger partial charge is 0.370 e. The molecule has 90 valence electrons. The summed E-state index contributed by atoms with van der Waals surface area (Å²) >= 11 is 0. The number of hydrogen-bond donors (Lipinski definition) is 2. The normalized spacial score (nSPS) is 25.2. The molecule has 0 aliphatic carbocycles. The number of nitrogens with one attached hydrogen (secondary N) is 1. The molecule has 3 N–H and O–H groups in total. The van der Waals surface area contributed by atoms with E-state index in [0.717, 1.165) is 5.56 Å². The van der Waals surface area contributed by atoms with Crippen molar-refractivity contribution in [3.8, 4) is 0 Å². The van der Waals surface area contributed by atoms with Crippen LogP contribution < -0.4 is 11.1 Å². The Morgan fingerprint density at radius 2 is 2.06 bits per heavy atom. The third-order valence-electron chi connectivity index (χ3n) is 2.89. The minimum absolute atomic E-state index is 0.0777. The molecule has 0 saturated carbocycles. The summed E-state index contributed by atoms with van der Waals surface area (Å²) in [7, 11) is 0. The number of benzene rings is 1. The first-order valence-electron chi connectivity index (χ1n) is 5.52. The number of aliphatic imine (C=N–C) groups is 3. The van der Waals surface area contributed by atoms with E-state index >= 15 is 0 Å². The maximum Gasteiger partial charge on any atom is 0.277 e. The molecule has 3 rings (SSSR count). The number of carbonyl (C=O) groups is 1. The lowest BCUT2D eigenvalue weighted by molar-refractivity contribution is -0.114. The highest BCUT2D eigenvalue weighted by Gasteiger charge is 2.45. The van der Waals surface area contributed by atoms with Crippen LogP contribution >= 0.6 is 0 Å². The fourth-order valence-electron chi connectivity index (χ4n) is 2.12. The summed E-state index contributed by atoms with van der Waals surface area (Å²) in [6.45, 7) is 0. The van der Waals surface area contributed by atoms with Crippen molar-refractivity contribution < 1.29 is 4.79 Å². The van der Waals surface area contributed by atoms with Crippen LogP contribution in [0.3, 0.4) is 0 Å². The molecule has 1 aromatic rings. The third-order valence-corrected chi connectivity index (χ3v) is 2.89. The van der Waals surface area contributed by atoms with Crippen LogP contribution in [0.2, 0.25) is 0 Å². The fourth-order valence-corrected chi connectivity index (χ4v) is 2.12.